The molecule has 2 aliphatic carbocycles. The van der Waals surface area contributed by atoms with Crippen LogP contribution in [0.15, 0.2) is 0 Å². The highest BCUT2D eigenvalue weighted by Gasteiger charge is 2.44. The number of halogens is 1. The van der Waals surface area contributed by atoms with Gasteiger partial charge in [-0.3, -0.25) is 0 Å². The van der Waals surface area contributed by atoms with Gasteiger partial charge in [-0.05, 0) is 49.4 Å². The zero-order valence-electron chi connectivity index (χ0n) is 8.85. The second-order valence-corrected chi connectivity index (χ2v) is 5.37. The molecule has 0 amide bonds. The van der Waals surface area contributed by atoms with Crippen molar-refractivity contribution in [2.45, 2.75) is 58.5 Å². The molecule has 2 aliphatic rings. The fourth-order valence-corrected chi connectivity index (χ4v) is 3.54. The molecule has 2 bridgehead atoms. The molecule has 0 N–H and O–H groups in total. The van der Waals surface area contributed by atoms with Crippen LogP contribution in [-0.4, -0.2) is 6.17 Å². The summed E-state index contributed by atoms with van der Waals surface area (Å²) < 4.78 is 13.6. The summed E-state index contributed by atoms with van der Waals surface area (Å²) in [5.41, 5.74) is 0.398. The van der Waals surface area contributed by atoms with E-state index in [1.54, 1.807) is 0 Å². The van der Waals surface area contributed by atoms with Gasteiger partial charge in [0, 0.05) is 0 Å². The Bertz CT molecular complexity index is 186. The molecule has 0 heterocycles. The highest BCUT2D eigenvalue weighted by atomic mass is 19.1. The van der Waals surface area contributed by atoms with Crippen molar-refractivity contribution in [1.29, 1.82) is 0 Å². The van der Waals surface area contributed by atoms with E-state index in [1.165, 1.54) is 25.7 Å². The predicted octanol–water partition coefficient (Wildman–Crippen LogP) is 3.95. The van der Waals surface area contributed by atoms with E-state index in [0.29, 0.717) is 11.3 Å². The first kappa shape index (κ1) is 9.48. The maximum absolute atomic E-state index is 13.6. The molecule has 0 aromatic heterocycles. The Morgan fingerprint density at radius 2 is 2.15 bits per heavy atom. The Morgan fingerprint density at radius 1 is 1.38 bits per heavy atom. The number of alkyl halides is 1. The van der Waals surface area contributed by atoms with Crippen molar-refractivity contribution in [1.82, 2.24) is 0 Å². The molecule has 0 radical (unpaired) electrons. The first-order valence-electron chi connectivity index (χ1n) is 5.79. The summed E-state index contributed by atoms with van der Waals surface area (Å²) in [7, 11) is 0. The molecule has 4 atom stereocenters. The van der Waals surface area contributed by atoms with Gasteiger partial charge in [-0.2, -0.15) is 0 Å². The summed E-state index contributed by atoms with van der Waals surface area (Å²) >= 11 is 0. The number of fused-ring (bicyclic) bond motifs is 2. The third-order valence-electron chi connectivity index (χ3n) is 4.58. The molecule has 0 aliphatic heterocycles. The Morgan fingerprint density at radius 3 is 2.85 bits per heavy atom. The topological polar surface area (TPSA) is 0 Å². The van der Waals surface area contributed by atoms with Crippen molar-refractivity contribution in [2.24, 2.45) is 17.3 Å². The highest BCUT2D eigenvalue weighted by molar-refractivity contribution is 4.95. The molecular formula is C12H21F. The molecule has 0 aromatic carbocycles. The van der Waals surface area contributed by atoms with Crippen LogP contribution in [0, 0.1) is 17.3 Å². The molecule has 2 unspecified atom stereocenters. The molecule has 13 heavy (non-hydrogen) atoms. The average Bonchev–Trinajstić information content (AvgIpc) is 2.43. The minimum absolute atomic E-state index is 0.398. The molecule has 76 valence electrons. The Kier molecular flexibility index (Phi) is 2.37. The van der Waals surface area contributed by atoms with Crippen molar-refractivity contribution in [3.05, 3.63) is 0 Å². The first-order valence-corrected chi connectivity index (χ1v) is 5.79. The van der Waals surface area contributed by atoms with E-state index in [4.69, 9.17) is 0 Å². The van der Waals surface area contributed by atoms with Gasteiger partial charge in [0.15, 0.2) is 0 Å². The zero-order chi connectivity index (χ0) is 9.47. The van der Waals surface area contributed by atoms with Crippen LogP contribution in [0.1, 0.15) is 52.4 Å². The fraction of sp³-hybridized carbons (Fsp3) is 1.00. The Hall–Kier alpha value is -0.0700. The highest BCUT2D eigenvalue weighted by Crippen LogP contribution is 2.53. The van der Waals surface area contributed by atoms with Gasteiger partial charge in [0.1, 0.15) is 6.17 Å². The van der Waals surface area contributed by atoms with Gasteiger partial charge in [-0.15, -0.1) is 0 Å². The number of hydrogen-bond donors (Lipinski definition) is 0. The molecule has 0 aromatic rings. The van der Waals surface area contributed by atoms with Gasteiger partial charge >= 0.3 is 0 Å². The summed E-state index contributed by atoms with van der Waals surface area (Å²) in [6.07, 6.45) is 6.32. The second-order valence-electron chi connectivity index (χ2n) is 5.37. The van der Waals surface area contributed by atoms with Crippen LogP contribution in [0.25, 0.3) is 0 Å². The molecule has 2 fully saturated rings. The van der Waals surface area contributed by atoms with E-state index < -0.39 is 6.17 Å². The van der Waals surface area contributed by atoms with E-state index >= 15 is 0 Å². The minimum Gasteiger partial charge on any atom is -0.247 e. The third-order valence-corrected chi connectivity index (χ3v) is 4.58. The standard InChI is InChI=1S/C12H21F/c1-3-12-5-4-10(7-12)9(2)6-11(13)8-12/h9-11H,3-8H2,1-2H3/t9?,10?,11-,12+/m1/s1. The van der Waals surface area contributed by atoms with Crippen LogP contribution in [0.3, 0.4) is 0 Å². The molecule has 0 spiro atoms. The van der Waals surface area contributed by atoms with Gasteiger partial charge in [0.2, 0.25) is 0 Å². The molecule has 0 nitrogen and oxygen atoms in total. The SMILES string of the molecule is CC[C@]12CCC(C1)C(C)C[C@@H](F)C2. The Labute approximate surface area is 80.9 Å². The van der Waals surface area contributed by atoms with Gasteiger partial charge in [-0.1, -0.05) is 20.3 Å². The van der Waals surface area contributed by atoms with Gasteiger partial charge < -0.3 is 0 Å². The largest absolute Gasteiger partial charge is 0.247 e. The summed E-state index contributed by atoms with van der Waals surface area (Å²) in [6, 6.07) is 0. The van der Waals surface area contributed by atoms with Gasteiger partial charge in [-0.25, -0.2) is 4.39 Å². The lowest BCUT2D eigenvalue weighted by atomic mass is 9.79. The van der Waals surface area contributed by atoms with Crippen molar-refractivity contribution >= 4 is 0 Å². The van der Waals surface area contributed by atoms with E-state index in [2.05, 4.69) is 13.8 Å². The van der Waals surface area contributed by atoms with Crippen molar-refractivity contribution in [3.8, 4) is 0 Å². The van der Waals surface area contributed by atoms with Crippen molar-refractivity contribution in [2.75, 3.05) is 0 Å². The second kappa shape index (κ2) is 3.25. The zero-order valence-corrected chi connectivity index (χ0v) is 8.85. The lowest BCUT2D eigenvalue weighted by molar-refractivity contribution is 0.168. The number of hydrogen-bond acceptors (Lipinski definition) is 0. The molecule has 2 rings (SSSR count). The first-order chi connectivity index (χ1) is 6.15. The molecule has 0 saturated heterocycles. The smallest absolute Gasteiger partial charge is 0.101 e. The van der Waals surface area contributed by atoms with E-state index in [1.807, 2.05) is 0 Å². The fourth-order valence-electron chi connectivity index (χ4n) is 3.54. The quantitative estimate of drug-likeness (QED) is 0.579. The lowest BCUT2D eigenvalue weighted by Crippen LogP contribution is -2.19. The van der Waals surface area contributed by atoms with E-state index in [-0.39, 0.29) is 0 Å². The average molecular weight is 184 g/mol. The van der Waals surface area contributed by atoms with Crippen LogP contribution in [0.4, 0.5) is 4.39 Å². The molecule has 2 saturated carbocycles. The summed E-state index contributed by atoms with van der Waals surface area (Å²) in [5, 5.41) is 0. The summed E-state index contributed by atoms with van der Waals surface area (Å²) in [4.78, 5) is 0. The van der Waals surface area contributed by atoms with Crippen LogP contribution in [-0.2, 0) is 0 Å². The van der Waals surface area contributed by atoms with Gasteiger partial charge in [0.05, 0.1) is 0 Å². The van der Waals surface area contributed by atoms with Crippen LogP contribution in [0.2, 0.25) is 0 Å². The van der Waals surface area contributed by atoms with E-state index in [9.17, 15) is 4.39 Å². The monoisotopic (exact) mass is 184 g/mol. The Balaban J connectivity index is 2.16. The number of rotatable bonds is 1. The predicted molar refractivity (Wildman–Crippen MR) is 53.4 cm³/mol. The normalized spacial score (nSPS) is 50.5. The molecule has 1 heteroatoms. The lowest BCUT2D eigenvalue weighted by Gasteiger charge is -2.27. The maximum atomic E-state index is 13.6. The molecular weight excluding hydrogens is 163 g/mol. The van der Waals surface area contributed by atoms with Crippen LogP contribution < -0.4 is 0 Å². The minimum atomic E-state index is -0.514. The van der Waals surface area contributed by atoms with Crippen molar-refractivity contribution < 1.29 is 4.39 Å². The summed E-state index contributed by atoms with van der Waals surface area (Å²) in [5.74, 6) is 1.46. The van der Waals surface area contributed by atoms with Crippen LogP contribution >= 0.6 is 0 Å². The van der Waals surface area contributed by atoms with Crippen LogP contribution in [0.5, 0.6) is 0 Å². The third kappa shape index (κ3) is 1.62. The van der Waals surface area contributed by atoms with Gasteiger partial charge in [0.25, 0.3) is 0 Å². The maximum Gasteiger partial charge on any atom is 0.101 e. The van der Waals surface area contributed by atoms with Crippen molar-refractivity contribution in [3.63, 3.8) is 0 Å². The summed E-state index contributed by atoms with van der Waals surface area (Å²) in [6.45, 7) is 4.49. The van der Waals surface area contributed by atoms with E-state index in [0.717, 1.165) is 18.8 Å².